The molecule has 0 radical (unpaired) electrons. The number of allylic oxidation sites excluding steroid dienone is 2. The van der Waals surface area contributed by atoms with Gasteiger partial charge in [0.25, 0.3) is 0 Å². The van der Waals surface area contributed by atoms with Gasteiger partial charge in [0.1, 0.15) is 11.5 Å². The Morgan fingerprint density at radius 2 is 0.920 bits per heavy atom. The van der Waals surface area contributed by atoms with Crippen molar-refractivity contribution in [2.45, 2.75) is 30.2 Å². The maximum atomic E-state index is 2.26. The minimum atomic E-state index is 0.210. The molecule has 0 aromatic heterocycles. The van der Waals surface area contributed by atoms with Crippen molar-refractivity contribution < 1.29 is 0 Å². The van der Waals surface area contributed by atoms with Crippen molar-refractivity contribution in [1.29, 1.82) is 0 Å². The Morgan fingerprint density at radius 3 is 1.28 bits per heavy atom. The van der Waals surface area contributed by atoms with Gasteiger partial charge in [-0.1, -0.05) is 91.0 Å². The van der Waals surface area contributed by atoms with Gasteiger partial charge in [0, 0.05) is 22.0 Å². The Labute approximate surface area is 155 Å². The van der Waals surface area contributed by atoms with Crippen LogP contribution in [0.5, 0.6) is 0 Å². The van der Waals surface area contributed by atoms with Gasteiger partial charge in [-0.15, -0.1) is 0 Å². The Balaban J connectivity index is 0.000000511. The molecule has 128 valence electrons. The van der Waals surface area contributed by atoms with Gasteiger partial charge in [0.05, 0.1) is 0 Å². The van der Waals surface area contributed by atoms with E-state index >= 15 is 0 Å². The minimum absolute atomic E-state index is 0.210. The van der Waals surface area contributed by atoms with E-state index in [1.807, 2.05) is 26.0 Å². The lowest BCUT2D eigenvalue weighted by Crippen LogP contribution is -2.09. The zero-order chi connectivity index (χ0) is 17.7. The molecule has 25 heavy (non-hydrogen) atoms. The summed E-state index contributed by atoms with van der Waals surface area (Å²) in [4.78, 5) is 1.45. The van der Waals surface area contributed by atoms with E-state index in [0.717, 1.165) is 11.5 Å². The van der Waals surface area contributed by atoms with E-state index in [9.17, 15) is 0 Å². The SMILES string of the molecule is C/C=C\C.c1ccc(C[S+](Cc2ccccc2)c2ccccc2)cc1. The Hall–Kier alpha value is -2.25. The molecule has 1 heteroatoms. The van der Waals surface area contributed by atoms with Crippen molar-refractivity contribution >= 4 is 10.9 Å². The van der Waals surface area contributed by atoms with Crippen LogP contribution in [0.4, 0.5) is 0 Å². The summed E-state index contributed by atoms with van der Waals surface area (Å²) in [5, 5.41) is 0. The lowest BCUT2D eigenvalue weighted by Gasteiger charge is -2.09. The number of hydrogen-bond donors (Lipinski definition) is 0. The van der Waals surface area contributed by atoms with Crippen molar-refractivity contribution in [3.05, 3.63) is 114 Å². The first kappa shape index (κ1) is 19.1. The van der Waals surface area contributed by atoms with Crippen molar-refractivity contribution in [2.24, 2.45) is 0 Å². The predicted molar refractivity (Wildman–Crippen MR) is 113 cm³/mol. The van der Waals surface area contributed by atoms with Crippen LogP contribution in [0.3, 0.4) is 0 Å². The maximum absolute atomic E-state index is 2.26. The fourth-order valence-corrected chi connectivity index (χ4v) is 4.55. The molecule has 3 rings (SSSR count). The molecule has 0 saturated carbocycles. The second-order valence-corrected chi connectivity index (χ2v) is 7.77. The van der Waals surface area contributed by atoms with Gasteiger partial charge in [-0.05, 0) is 26.0 Å². The molecule has 0 saturated heterocycles. The molecule has 0 aliphatic carbocycles. The average Bonchev–Trinajstić information content (AvgIpc) is 2.70. The van der Waals surface area contributed by atoms with Gasteiger partial charge in [-0.3, -0.25) is 0 Å². The number of benzene rings is 3. The zero-order valence-corrected chi connectivity index (χ0v) is 16.0. The van der Waals surface area contributed by atoms with E-state index in [1.165, 1.54) is 16.0 Å². The first-order valence-electron chi connectivity index (χ1n) is 8.71. The Bertz CT molecular complexity index is 672. The van der Waals surface area contributed by atoms with Gasteiger partial charge in [-0.2, -0.15) is 0 Å². The van der Waals surface area contributed by atoms with E-state index < -0.39 is 0 Å². The van der Waals surface area contributed by atoms with Crippen LogP contribution in [-0.4, -0.2) is 0 Å². The minimum Gasteiger partial charge on any atom is -0.0919 e. The fourth-order valence-electron chi connectivity index (χ4n) is 2.38. The van der Waals surface area contributed by atoms with Crippen LogP contribution in [0.2, 0.25) is 0 Å². The highest BCUT2D eigenvalue weighted by molar-refractivity contribution is 7.95. The average molecular weight is 348 g/mol. The molecule has 0 heterocycles. The van der Waals surface area contributed by atoms with Crippen LogP contribution in [0.1, 0.15) is 25.0 Å². The second kappa shape index (κ2) is 11.3. The van der Waals surface area contributed by atoms with Crippen LogP contribution >= 0.6 is 0 Å². The third kappa shape index (κ3) is 7.03. The third-order valence-corrected chi connectivity index (χ3v) is 6.08. The molecule has 0 aliphatic heterocycles. The van der Waals surface area contributed by atoms with E-state index in [-0.39, 0.29) is 10.9 Å². The molecule has 0 N–H and O–H groups in total. The summed E-state index contributed by atoms with van der Waals surface area (Å²) >= 11 is 0. The molecule has 0 bridgehead atoms. The highest BCUT2D eigenvalue weighted by atomic mass is 32.2. The van der Waals surface area contributed by atoms with Gasteiger partial charge in [0.2, 0.25) is 0 Å². The van der Waals surface area contributed by atoms with Crippen LogP contribution in [0.25, 0.3) is 0 Å². The summed E-state index contributed by atoms with van der Waals surface area (Å²) in [6.45, 7) is 4.00. The molecule has 0 aliphatic rings. The molecule has 0 unspecified atom stereocenters. The maximum Gasteiger partial charge on any atom is 0.155 e. The first-order chi connectivity index (χ1) is 12.3. The summed E-state index contributed by atoms with van der Waals surface area (Å²) in [7, 11) is 0.210. The summed E-state index contributed by atoms with van der Waals surface area (Å²) in [5.74, 6) is 2.22. The van der Waals surface area contributed by atoms with E-state index in [1.54, 1.807) is 0 Å². The van der Waals surface area contributed by atoms with Crippen molar-refractivity contribution in [1.82, 2.24) is 0 Å². The van der Waals surface area contributed by atoms with E-state index in [0.29, 0.717) is 0 Å². The first-order valence-corrected chi connectivity index (χ1v) is 10.3. The topological polar surface area (TPSA) is 0 Å². The van der Waals surface area contributed by atoms with E-state index in [4.69, 9.17) is 0 Å². The molecule has 0 nitrogen and oxygen atoms in total. The summed E-state index contributed by atoms with van der Waals surface area (Å²) in [6.07, 6.45) is 4.00. The highest BCUT2D eigenvalue weighted by Gasteiger charge is 2.22. The molecular formula is C24H27S+. The molecule has 0 atom stereocenters. The lowest BCUT2D eigenvalue weighted by molar-refractivity contribution is 1.29. The molecule has 0 spiro atoms. The third-order valence-electron chi connectivity index (χ3n) is 3.78. The van der Waals surface area contributed by atoms with Crippen LogP contribution in [0, 0.1) is 0 Å². The zero-order valence-electron chi connectivity index (χ0n) is 15.1. The van der Waals surface area contributed by atoms with E-state index in [2.05, 4.69) is 91.0 Å². The van der Waals surface area contributed by atoms with Gasteiger partial charge >= 0.3 is 0 Å². The molecule has 0 fully saturated rings. The Kier molecular flexibility index (Phi) is 8.65. The number of rotatable bonds is 5. The Morgan fingerprint density at radius 1 is 0.560 bits per heavy atom. The highest BCUT2D eigenvalue weighted by Crippen LogP contribution is 2.23. The monoisotopic (exact) mass is 347 g/mol. The lowest BCUT2D eigenvalue weighted by atomic mass is 10.2. The van der Waals surface area contributed by atoms with Crippen molar-refractivity contribution in [2.75, 3.05) is 0 Å². The van der Waals surface area contributed by atoms with Crippen LogP contribution < -0.4 is 0 Å². The van der Waals surface area contributed by atoms with Crippen molar-refractivity contribution in [3.63, 3.8) is 0 Å². The number of hydrogen-bond acceptors (Lipinski definition) is 0. The predicted octanol–water partition coefficient (Wildman–Crippen LogP) is 6.65. The summed E-state index contributed by atoms with van der Waals surface area (Å²) in [6, 6.07) is 32.5. The standard InChI is InChI=1S/C20H19S.C4H8/c1-4-10-18(11-5-1)16-21(20-14-8-3-9-15-20)17-19-12-6-2-7-13-19;1-3-4-2/h1-15H,16-17H2;3-4H,1-2H3/q+1;/b;4-3-. The molecule has 3 aromatic rings. The summed E-state index contributed by atoms with van der Waals surface area (Å²) < 4.78 is 0. The summed E-state index contributed by atoms with van der Waals surface area (Å²) in [5.41, 5.74) is 2.83. The van der Waals surface area contributed by atoms with Gasteiger partial charge in [0.15, 0.2) is 4.90 Å². The van der Waals surface area contributed by atoms with Crippen LogP contribution in [-0.2, 0) is 22.4 Å². The second-order valence-electron chi connectivity index (χ2n) is 5.73. The fraction of sp³-hybridized carbons (Fsp3) is 0.167. The molecular weight excluding hydrogens is 320 g/mol. The van der Waals surface area contributed by atoms with Gasteiger partial charge in [-0.25, -0.2) is 0 Å². The quantitative estimate of drug-likeness (QED) is 0.358. The normalized spacial score (nSPS) is 10.5. The molecule has 0 amide bonds. The van der Waals surface area contributed by atoms with Gasteiger partial charge < -0.3 is 0 Å². The van der Waals surface area contributed by atoms with Crippen LogP contribution in [0.15, 0.2) is 108 Å². The largest absolute Gasteiger partial charge is 0.155 e. The smallest absolute Gasteiger partial charge is 0.0919 e. The molecule has 3 aromatic carbocycles. The van der Waals surface area contributed by atoms with Crippen molar-refractivity contribution in [3.8, 4) is 0 Å².